The van der Waals surface area contributed by atoms with E-state index in [4.69, 9.17) is 0 Å². The lowest BCUT2D eigenvalue weighted by atomic mass is 10.1. The van der Waals surface area contributed by atoms with Gasteiger partial charge in [0, 0.05) is 6.04 Å². The summed E-state index contributed by atoms with van der Waals surface area (Å²) in [6, 6.07) is 0.916. The van der Waals surface area contributed by atoms with Crippen LogP contribution >= 0.6 is 0 Å². The molecule has 2 aliphatic rings. The Morgan fingerprint density at radius 2 is 1.54 bits per heavy atom. The molecule has 2 heterocycles. The Morgan fingerprint density at radius 1 is 1.00 bits per heavy atom. The van der Waals surface area contributed by atoms with Crippen LogP contribution in [0, 0.1) is 0 Å². The quantitative estimate of drug-likeness (QED) is 0.669. The second kappa shape index (κ2) is 6.39. The van der Waals surface area contributed by atoms with Crippen molar-refractivity contribution >= 4 is 0 Å². The molecule has 0 bridgehead atoms. The zero-order chi connectivity index (χ0) is 9.52. The van der Waals surface area contributed by atoms with E-state index < -0.39 is 0 Å². The molecule has 2 fully saturated rings. The Balaban J connectivity index is 0.000000396. The van der Waals surface area contributed by atoms with Crippen LogP contribution in [-0.4, -0.2) is 37.1 Å². The van der Waals surface area contributed by atoms with Crippen LogP contribution in [0.5, 0.6) is 0 Å². The van der Waals surface area contributed by atoms with Crippen molar-refractivity contribution in [1.82, 2.24) is 10.2 Å². The van der Waals surface area contributed by atoms with Crippen LogP contribution in [0.25, 0.3) is 0 Å². The van der Waals surface area contributed by atoms with E-state index in [9.17, 15) is 0 Å². The third-order valence-electron chi connectivity index (χ3n) is 2.97. The van der Waals surface area contributed by atoms with Gasteiger partial charge in [-0.2, -0.15) is 0 Å². The Hall–Kier alpha value is -0.0800. The average Bonchev–Trinajstić information content (AvgIpc) is 2.75. The minimum Gasteiger partial charge on any atom is -0.317 e. The Bertz CT molecular complexity index is 113. The van der Waals surface area contributed by atoms with Crippen LogP contribution < -0.4 is 5.32 Å². The van der Waals surface area contributed by atoms with Crippen molar-refractivity contribution in [2.24, 2.45) is 0 Å². The Morgan fingerprint density at radius 3 is 2.08 bits per heavy atom. The lowest BCUT2D eigenvalue weighted by Gasteiger charge is -2.31. The first-order valence-electron chi connectivity index (χ1n) is 5.91. The highest BCUT2D eigenvalue weighted by atomic mass is 15.2. The average molecular weight is 184 g/mol. The zero-order valence-corrected chi connectivity index (χ0v) is 9.18. The molecule has 0 aromatic carbocycles. The zero-order valence-electron chi connectivity index (χ0n) is 9.18. The summed E-state index contributed by atoms with van der Waals surface area (Å²) < 4.78 is 0. The largest absolute Gasteiger partial charge is 0.317 e. The maximum atomic E-state index is 3.41. The van der Waals surface area contributed by atoms with E-state index >= 15 is 0 Å². The van der Waals surface area contributed by atoms with E-state index in [0.29, 0.717) is 0 Å². The van der Waals surface area contributed by atoms with Crippen molar-refractivity contribution in [1.29, 1.82) is 0 Å². The number of nitrogens with one attached hydrogen (secondary N) is 1. The normalized spacial score (nSPS) is 25.4. The van der Waals surface area contributed by atoms with Gasteiger partial charge in [-0.25, -0.2) is 0 Å². The summed E-state index contributed by atoms with van der Waals surface area (Å²) in [5.74, 6) is 0. The number of rotatable bonds is 1. The monoisotopic (exact) mass is 184 g/mol. The lowest BCUT2D eigenvalue weighted by Crippen LogP contribution is -2.41. The summed E-state index contributed by atoms with van der Waals surface area (Å²) in [6.45, 7) is 9.21. The van der Waals surface area contributed by atoms with Crippen LogP contribution in [0.4, 0.5) is 0 Å². The molecule has 2 heteroatoms. The molecular formula is C11H24N2. The van der Waals surface area contributed by atoms with E-state index in [2.05, 4.69) is 10.2 Å². The molecular weight excluding hydrogens is 160 g/mol. The Kier molecular flexibility index (Phi) is 5.40. The van der Waals surface area contributed by atoms with Gasteiger partial charge in [-0.15, -0.1) is 0 Å². The van der Waals surface area contributed by atoms with Crippen LogP contribution in [0.3, 0.4) is 0 Å². The molecule has 0 unspecified atom stereocenters. The molecule has 2 nitrogen and oxygen atoms in total. The standard InChI is InChI=1S/C9H18N2.C2H6/c1-2-8-11(7-1)9-3-5-10-6-4-9;1-2/h9-10H,1-8H2;1-2H3. The Labute approximate surface area is 82.7 Å². The van der Waals surface area contributed by atoms with Crippen LogP contribution in [0.1, 0.15) is 39.5 Å². The summed E-state index contributed by atoms with van der Waals surface area (Å²) in [6.07, 6.45) is 5.62. The van der Waals surface area contributed by atoms with Gasteiger partial charge in [0.15, 0.2) is 0 Å². The van der Waals surface area contributed by atoms with Crippen LogP contribution in [-0.2, 0) is 0 Å². The molecule has 78 valence electrons. The highest BCUT2D eigenvalue weighted by Crippen LogP contribution is 2.17. The lowest BCUT2D eigenvalue weighted by molar-refractivity contribution is 0.199. The molecule has 2 rings (SSSR count). The van der Waals surface area contributed by atoms with Crippen molar-refractivity contribution in [3.05, 3.63) is 0 Å². The maximum Gasteiger partial charge on any atom is 0.0119 e. The molecule has 0 saturated carbocycles. The minimum absolute atomic E-state index is 0.916. The summed E-state index contributed by atoms with van der Waals surface area (Å²) in [5, 5.41) is 3.41. The van der Waals surface area contributed by atoms with Gasteiger partial charge >= 0.3 is 0 Å². The summed E-state index contributed by atoms with van der Waals surface area (Å²) in [5.41, 5.74) is 0. The number of hydrogen-bond donors (Lipinski definition) is 1. The molecule has 0 aromatic rings. The van der Waals surface area contributed by atoms with Gasteiger partial charge in [0.25, 0.3) is 0 Å². The van der Waals surface area contributed by atoms with Crippen LogP contribution in [0.15, 0.2) is 0 Å². The summed E-state index contributed by atoms with van der Waals surface area (Å²) in [4.78, 5) is 2.68. The number of nitrogens with zero attached hydrogens (tertiary/aromatic N) is 1. The third kappa shape index (κ3) is 3.28. The number of likely N-dealkylation sites (tertiary alicyclic amines) is 1. The SMILES string of the molecule is C1CCN(C2CCNCC2)C1.CC. The van der Waals surface area contributed by atoms with Crippen molar-refractivity contribution in [3.8, 4) is 0 Å². The van der Waals surface area contributed by atoms with Gasteiger partial charge in [-0.05, 0) is 51.9 Å². The van der Waals surface area contributed by atoms with Crippen molar-refractivity contribution in [2.75, 3.05) is 26.2 Å². The van der Waals surface area contributed by atoms with E-state index in [0.717, 1.165) is 6.04 Å². The molecule has 1 N–H and O–H groups in total. The molecule has 2 aliphatic heterocycles. The topological polar surface area (TPSA) is 15.3 Å². The second-order valence-electron chi connectivity index (χ2n) is 3.72. The molecule has 13 heavy (non-hydrogen) atoms. The highest BCUT2D eigenvalue weighted by Gasteiger charge is 2.22. The number of piperidine rings is 1. The fourth-order valence-electron chi connectivity index (χ4n) is 2.28. The van der Waals surface area contributed by atoms with E-state index in [1.165, 1.54) is 51.9 Å². The maximum absolute atomic E-state index is 3.41. The van der Waals surface area contributed by atoms with Gasteiger partial charge < -0.3 is 10.2 Å². The predicted molar refractivity (Wildman–Crippen MR) is 58.0 cm³/mol. The molecule has 0 aliphatic carbocycles. The third-order valence-corrected chi connectivity index (χ3v) is 2.97. The van der Waals surface area contributed by atoms with Crippen LogP contribution in [0.2, 0.25) is 0 Å². The van der Waals surface area contributed by atoms with E-state index in [-0.39, 0.29) is 0 Å². The van der Waals surface area contributed by atoms with Gasteiger partial charge in [-0.1, -0.05) is 13.8 Å². The van der Waals surface area contributed by atoms with E-state index in [1.807, 2.05) is 13.8 Å². The summed E-state index contributed by atoms with van der Waals surface area (Å²) >= 11 is 0. The first-order chi connectivity index (χ1) is 6.47. The first-order valence-corrected chi connectivity index (χ1v) is 5.91. The van der Waals surface area contributed by atoms with Gasteiger partial charge in [0.1, 0.15) is 0 Å². The highest BCUT2D eigenvalue weighted by molar-refractivity contribution is 4.80. The second-order valence-corrected chi connectivity index (χ2v) is 3.72. The summed E-state index contributed by atoms with van der Waals surface area (Å²) in [7, 11) is 0. The molecule has 0 aromatic heterocycles. The predicted octanol–water partition coefficient (Wildman–Crippen LogP) is 1.86. The van der Waals surface area contributed by atoms with Gasteiger partial charge in [0.05, 0.1) is 0 Å². The fourth-order valence-corrected chi connectivity index (χ4v) is 2.28. The molecule has 0 amide bonds. The smallest absolute Gasteiger partial charge is 0.0119 e. The molecule has 0 spiro atoms. The van der Waals surface area contributed by atoms with Gasteiger partial charge in [-0.3, -0.25) is 0 Å². The van der Waals surface area contributed by atoms with Crippen molar-refractivity contribution in [2.45, 2.75) is 45.6 Å². The fraction of sp³-hybridized carbons (Fsp3) is 1.00. The van der Waals surface area contributed by atoms with Crippen molar-refractivity contribution < 1.29 is 0 Å². The minimum atomic E-state index is 0.916. The van der Waals surface area contributed by atoms with Gasteiger partial charge in [0.2, 0.25) is 0 Å². The van der Waals surface area contributed by atoms with Crippen molar-refractivity contribution in [3.63, 3.8) is 0 Å². The van der Waals surface area contributed by atoms with E-state index in [1.54, 1.807) is 0 Å². The first kappa shape index (κ1) is 11.0. The molecule has 2 saturated heterocycles. The molecule has 0 atom stereocenters. The number of hydrogen-bond acceptors (Lipinski definition) is 2. The molecule has 0 radical (unpaired) electrons.